The third-order valence-corrected chi connectivity index (χ3v) is 6.91. The van der Waals surface area contributed by atoms with E-state index in [1.807, 2.05) is 29.2 Å². The van der Waals surface area contributed by atoms with E-state index in [4.69, 9.17) is 9.72 Å². The number of hydrogen-bond acceptors (Lipinski definition) is 4. The molecule has 1 atom stereocenters. The second-order valence-corrected chi connectivity index (χ2v) is 8.96. The van der Waals surface area contributed by atoms with E-state index in [2.05, 4.69) is 17.1 Å². The molecule has 2 saturated heterocycles. The summed E-state index contributed by atoms with van der Waals surface area (Å²) in [5.41, 5.74) is 2.95. The zero-order valence-corrected chi connectivity index (χ0v) is 18.6. The molecular weight excluding hydrogens is 417 g/mol. The van der Waals surface area contributed by atoms with Crippen LogP contribution in [0.3, 0.4) is 0 Å². The van der Waals surface area contributed by atoms with E-state index in [-0.39, 0.29) is 17.8 Å². The average Bonchev–Trinajstić information content (AvgIpc) is 3.35. The Labute approximate surface area is 193 Å². The molecule has 0 saturated carbocycles. The maximum Gasteiger partial charge on any atom is 0.233 e. The second-order valence-electron chi connectivity index (χ2n) is 8.96. The van der Waals surface area contributed by atoms with Crippen LogP contribution >= 0.6 is 0 Å². The molecule has 6 heteroatoms. The third kappa shape index (κ3) is 4.40. The summed E-state index contributed by atoms with van der Waals surface area (Å²) < 4.78 is 19.2. The number of aromatic nitrogens is 2. The van der Waals surface area contributed by atoms with Crippen molar-refractivity contribution in [2.45, 2.75) is 43.6 Å². The molecule has 2 aliphatic rings. The van der Waals surface area contributed by atoms with Crippen molar-refractivity contribution in [1.29, 1.82) is 0 Å². The largest absolute Gasteiger partial charge is 0.381 e. The van der Waals surface area contributed by atoms with Crippen molar-refractivity contribution in [2.75, 3.05) is 19.8 Å². The summed E-state index contributed by atoms with van der Waals surface area (Å²) in [5, 5.41) is 0. The van der Waals surface area contributed by atoms with E-state index < -0.39 is 5.41 Å². The smallest absolute Gasteiger partial charge is 0.233 e. The van der Waals surface area contributed by atoms with E-state index in [0.717, 1.165) is 41.9 Å². The minimum atomic E-state index is -0.561. The molecule has 0 radical (unpaired) electrons. The van der Waals surface area contributed by atoms with E-state index in [9.17, 15) is 9.18 Å². The lowest BCUT2D eigenvalue weighted by Crippen LogP contribution is -2.49. The number of carbonyl (C=O) groups is 1. The van der Waals surface area contributed by atoms with Crippen molar-refractivity contribution in [3.63, 3.8) is 0 Å². The molecule has 1 amide bonds. The first kappa shape index (κ1) is 21.7. The summed E-state index contributed by atoms with van der Waals surface area (Å²) in [6.45, 7) is 1.89. The Hall–Kier alpha value is -3.12. The first-order chi connectivity index (χ1) is 16.2. The molecule has 1 aromatic heterocycles. The van der Waals surface area contributed by atoms with Crippen LogP contribution in [0.5, 0.6) is 0 Å². The van der Waals surface area contributed by atoms with Gasteiger partial charge in [-0.1, -0.05) is 42.5 Å². The Bertz CT molecular complexity index is 1120. The average molecular weight is 446 g/mol. The molecule has 5 rings (SSSR count). The van der Waals surface area contributed by atoms with E-state index in [1.54, 1.807) is 18.5 Å². The number of halogens is 1. The van der Waals surface area contributed by atoms with Crippen molar-refractivity contribution in [3.8, 4) is 0 Å². The molecule has 1 unspecified atom stereocenters. The third-order valence-electron chi connectivity index (χ3n) is 6.91. The fraction of sp³-hybridized carbons (Fsp3) is 0.370. The monoisotopic (exact) mass is 445 g/mol. The summed E-state index contributed by atoms with van der Waals surface area (Å²) in [6.07, 6.45) is 7.17. The van der Waals surface area contributed by atoms with E-state index >= 15 is 0 Å². The van der Waals surface area contributed by atoms with Crippen molar-refractivity contribution < 1.29 is 13.9 Å². The van der Waals surface area contributed by atoms with Crippen LogP contribution < -0.4 is 0 Å². The standard InChI is InChI=1S/C27H28FN3O2/c28-22-9-4-6-20(16-22)17-23-18-29-19-24(30-23)25-10-5-13-31(25)26(32)27(11-14-33-15-12-27)21-7-2-1-3-8-21/h1-4,6-9,16,18-19,25H,5,10-15,17H2. The summed E-state index contributed by atoms with van der Waals surface area (Å²) in [7, 11) is 0. The minimum Gasteiger partial charge on any atom is -0.381 e. The van der Waals surface area contributed by atoms with Crippen molar-refractivity contribution in [2.24, 2.45) is 0 Å². The topological polar surface area (TPSA) is 55.3 Å². The van der Waals surface area contributed by atoms with Gasteiger partial charge in [0.05, 0.1) is 29.0 Å². The molecule has 0 N–H and O–H groups in total. The molecule has 2 aliphatic heterocycles. The number of nitrogens with zero attached hydrogens (tertiary/aromatic N) is 3. The summed E-state index contributed by atoms with van der Waals surface area (Å²) in [6, 6.07) is 16.6. The lowest BCUT2D eigenvalue weighted by Gasteiger charge is -2.40. The normalized spacial score (nSPS) is 20.0. The molecule has 170 valence electrons. The predicted octanol–water partition coefficient (Wildman–Crippen LogP) is 4.62. The van der Waals surface area contributed by atoms with Crippen LogP contribution in [0.25, 0.3) is 0 Å². The molecule has 2 fully saturated rings. The van der Waals surface area contributed by atoms with Gasteiger partial charge in [-0.25, -0.2) is 4.39 Å². The molecule has 3 heterocycles. The predicted molar refractivity (Wildman–Crippen MR) is 123 cm³/mol. The van der Waals surface area contributed by atoms with Crippen LogP contribution in [0, 0.1) is 5.82 Å². The number of ether oxygens (including phenoxy) is 1. The Morgan fingerprint density at radius 1 is 1.09 bits per heavy atom. The zero-order valence-electron chi connectivity index (χ0n) is 18.6. The number of rotatable bonds is 5. The van der Waals surface area contributed by atoms with Crippen LogP contribution in [0.2, 0.25) is 0 Å². The van der Waals surface area contributed by atoms with Crippen molar-refractivity contribution in [3.05, 3.63) is 95.3 Å². The Morgan fingerprint density at radius 3 is 2.70 bits per heavy atom. The van der Waals surface area contributed by atoms with E-state index in [0.29, 0.717) is 32.5 Å². The van der Waals surface area contributed by atoms with Gasteiger partial charge in [-0.2, -0.15) is 0 Å². The zero-order chi connectivity index (χ0) is 22.7. The van der Waals surface area contributed by atoms with Crippen LogP contribution in [-0.4, -0.2) is 40.5 Å². The van der Waals surface area contributed by atoms with Crippen LogP contribution in [0.4, 0.5) is 4.39 Å². The van der Waals surface area contributed by atoms with Crippen molar-refractivity contribution in [1.82, 2.24) is 14.9 Å². The van der Waals surface area contributed by atoms with Gasteiger partial charge < -0.3 is 9.64 Å². The summed E-state index contributed by atoms with van der Waals surface area (Å²) in [5.74, 6) is -0.0938. The highest BCUT2D eigenvalue weighted by Gasteiger charge is 2.47. The minimum absolute atomic E-state index is 0.0964. The molecular formula is C27H28FN3O2. The molecule has 0 spiro atoms. The van der Waals surface area contributed by atoms with Crippen LogP contribution in [0.1, 0.15) is 54.2 Å². The molecule has 3 aromatic rings. The van der Waals surface area contributed by atoms with E-state index in [1.165, 1.54) is 12.1 Å². The maximum absolute atomic E-state index is 14.1. The number of amides is 1. The Kier molecular flexibility index (Phi) is 6.18. The van der Waals surface area contributed by atoms with Gasteiger partial charge in [0.2, 0.25) is 5.91 Å². The second kappa shape index (κ2) is 9.40. The lowest BCUT2D eigenvalue weighted by molar-refractivity contribution is -0.142. The number of benzene rings is 2. The first-order valence-electron chi connectivity index (χ1n) is 11.7. The lowest BCUT2D eigenvalue weighted by atomic mass is 9.73. The molecule has 2 aromatic carbocycles. The van der Waals surface area contributed by atoms with Gasteiger partial charge in [-0.15, -0.1) is 0 Å². The molecule has 33 heavy (non-hydrogen) atoms. The van der Waals surface area contributed by atoms with Gasteiger partial charge in [-0.05, 0) is 48.9 Å². The van der Waals surface area contributed by atoms with Gasteiger partial charge in [0.25, 0.3) is 0 Å². The SMILES string of the molecule is O=C(N1CCCC1c1cncc(Cc2cccc(F)c2)n1)C1(c2ccccc2)CCOCC1. The number of likely N-dealkylation sites (tertiary alicyclic amines) is 1. The van der Waals surface area contributed by atoms with Gasteiger partial charge in [0.15, 0.2) is 0 Å². The fourth-order valence-electron chi connectivity index (χ4n) is 5.22. The molecule has 0 bridgehead atoms. The van der Waals surface area contributed by atoms with Crippen LogP contribution in [-0.2, 0) is 21.4 Å². The van der Waals surface area contributed by atoms with Gasteiger partial charge >= 0.3 is 0 Å². The number of carbonyl (C=O) groups excluding carboxylic acids is 1. The highest BCUT2D eigenvalue weighted by atomic mass is 19.1. The number of hydrogen-bond donors (Lipinski definition) is 0. The quantitative estimate of drug-likeness (QED) is 0.575. The summed E-state index contributed by atoms with van der Waals surface area (Å²) in [4.78, 5) is 25.4. The van der Waals surface area contributed by atoms with Crippen molar-refractivity contribution >= 4 is 5.91 Å². The Balaban J connectivity index is 1.42. The molecule has 5 nitrogen and oxygen atoms in total. The van der Waals surface area contributed by atoms with Gasteiger partial charge in [-0.3, -0.25) is 14.8 Å². The highest BCUT2D eigenvalue weighted by molar-refractivity contribution is 5.89. The first-order valence-corrected chi connectivity index (χ1v) is 11.7. The maximum atomic E-state index is 14.1. The highest BCUT2D eigenvalue weighted by Crippen LogP contribution is 2.41. The fourth-order valence-corrected chi connectivity index (χ4v) is 5.22. The summed E-state index contributed by atoms with van der Waals surface area (Å²) >= 11 is 0. The molecule has 0 aliphatic carbocycles. The van der Waals surface area contributed by atoms with Gasteiger partial charge in [0, 0.05) is 32.4 Å². The van der Waals surface area contributed by atoms with Crippen LogP contribution in [0.15, 0.2) is 67.0 Å². The van der Waals surface area contributed by atoms with Gasteiger partial charge in [0.1, 0.15) is 5.82 Å². The Morgan fingerprint density at radius 2 is 1.91 bits per heavy atom.